The van der Waals surface area contributed by atoms with Crippen LogP contribution in [-0.2, 0) is 4.79 Å². The Labute approximate surface area is 65.6 Å². The lowest BCUT2D eigenvalue weighted by Gasteiger charge is -2.23. The van der Waals surface area contributed by atoms with Gasteiger partial charge in [-0.25, -0.2) is 0 Å². The number of carbonyl (C=O) groups is 1. The Morgan fingerprint density at radius 3 is 1.82 bits per heavy atom. The van der Waals surface area contributed by atoms with Gasteiger partial charge < -0.3 is 10.8 Å². The van der Waals surface area contributed by atoms with Crippen LogP contribution in [0, 0.1) is 11.8 Å². The second-order valence-electron chi connectivity index (χ2n) is 3.79. The fourth-order valence-corrected chi connectivity index (χ4v) is 2.73. The molecule has 3 nitrogen and oxygen atoms in total. The van der Waals surface area contributed by atoms with Crippen LogP contribution in [0.5, 0.6) is 0 Å². The number of aliphatic carboxylic acids is 1. The molecule has 2 saturated carbocycles. The third kappa shape index (κ3) is 0.692. The first-order valence-electron chi connectivity index (χ1n) is 4.18. The van der Waals surface area contributed by atoms with Crippen molar-refractivity contribution in [1.82, 2.24) is 0 Å². The minimum absolute atomic E-state index is 0.255. The zero-order valence-corrected chi connectivity index (χ0v) is 6.42. The van der Waals surface area contributed by atoms with E-state index in [2.05, 4.69) is 0 Å². The van der Waals surface area contributed by atoms with Gasteiger partial charge in [-0.2, -0.15) is 0 Å². The number of nitrogens with two attached hydrogens (primary N) is 1. The molecule has 0 atom stereocenters. The fourth-order valence-electron chi connectivity index (χ4n) is 2.73. The van der Waals surface area contributed by atoms with Crippen LogP contribution in [0.3, 0.4) is 0 Å². The fraction of sp³-hybridized carbons (Fsp3) is 0.875. The Morgan fingerprint density at radius 1 is 1.27 bits per heavy atom. The summed E-state index contributed by atoms with van der Waals surface area (Å²) in [5.74, 6) is -0.280. The molecule has 0 saturated heterocycles. The van der Waals surface area contributed by atoms with Crippen molar-refractivity contribution in [2.24, 2.45) is 17.6 Å². The normalized spacial score (nSPS) is 48.1. The van der Waals surface area contributed by atoms with E-state index in [1.54, 1.807) is 0 Å². The van der Waals surface area contributed by atoms with Crippen molar-refractivity contribution < 1.29 is 9.90 Å². The van der Waals surface area contributed by atoms with E-state index >= 15 is 0 Å². The van der Waals surface area contributed by atoms with E-state index in [0.29, 0.717) is 0 Å². The van der Waals surface area contributed by atoms with Gasteiger partial charge in [0.2, 0.25) is 0 Å². The van der Waals surface area contributed by atoms with Crippen LogP contribution >= 0.6 is 0 Å². The molecule has 0 aromatic rings. The number of carboxylic acids is 1. The van der Waals surface area contributed by atoms with Crippen LogP contribution in [0.4, 0.5) is 0 Å². The van der Waals surface area contributed by atoms with Crippen molar-refractivity contribution in [3.63, 3.8) is 0 Å². The Hall–Kier alpha value is -0.570. The molecule has 2 fully saturated rings. The van der Waals surface area contributed by atoms with Gasteiger partial charge in [0.1, 0.15) is 5.54 Å². The molecule has 2 rings (SSSR count). The van der Waals surface area contributed by atoms with E-state index in [1.807, 2.05) is 0 Å². The van der Waals surface area contributed by atoms with E-state index in [-0.39, 0.29) is 11.8 Å². The molecule has 0 aromatic carbocycles. The van der Waals surface area contributed by atoms with E-state index in [9.17, 15) is 4.79 Å². The molecule has 0 radical (unpaired) electrons. The Bertz CT molecular complexity index is 182. The smallest absolute Gasteiger partial charge is 0.324 e. The number of fused-ring (bicyclic) bond motifs is 2. The highest BCUT2D eigenvalue weighted by atomic mass is 16.4. The van der Waals surface area contributed by atoms with Crippen LogP contribution in [-0.4, -0.2) is 16.6 Å². The van der Waals surface area contributed by atoms with Crippen molar-refractivity contribution in [1.29, 1.82) is 0 Å². The van der Waals surface area contributed by atoms with Gasteiger partial charge in [0.15, 0.2) is 0 Å². The summed E-state index contributed by atoms with van der Waals surface area (Å²) in [5, 5.41) is 8.93. The Balaban J connectivity index is 2.32. The zero-order chi connectivity index (χ0) is 8.06. The van der Waals surface area contributed by atoms with Crippen LogP contribution in [0.15, 0.2) is 0 Å². The molecule has 0 unspecified atom stereocenters. The summed E-state index contributed by atoms with van der Waals surface area (Å²) in [6, 6.07) is 0. The first-order chi connectivity index (χ1) is 5.15. The van der Waals surface area contributed by atoms with Crippen molar-refractivity contribution >= 4 is 5.97 Å². The average molecular weight is 155 g/mol. The molecular formula is C8H13NO2. The quantitative estimate of drug-likeness (QED) is 0.582. The van der Waals surface area contributed by atoms with Crippen molar-refractivity contribution in [3.05, 3.63) is 0 Å². The highest BCUT2D eigenvalue weighted by Crippen LogP contribution is 2.50. The lowest BCUT2D eigenvalue weighted by atomic mass is 9.89. The molecular weight excluding hydrogens is 142 g/mol. The zero-order valence-electron chi connectivity index (χ0n) is 6.42. The van der Waals surface area contributed by atoms with Gasteiger partial charge in [-0.1, -0.05) is 0 Å². The molecule has 3 heteroatoms. The van der Waals surface area contributed by atoms with E-state index in [0.717, 1.165) is 25.7 Å². The van der Waals surface area contributed by atoms with Gasteiger partial charge >= 0.3 is 5.97 Å². The third-order valence-corrected chi connectivity index (χ3v) is 3.45. The van der Waals surface area contributed by atoms with Gasteiger partial charge in [-0.05, 0) is 37.5 Å². The largest absolute Gasteiger partial charge is 0.480 e. The van der Waals surface area contributed by atoms with Crippen LogP contribution in [0.25, 0.3) is 0 Å². The monoisotopic (exact) mass is 155 g/mol. The van der Waals surface area contributed by atoms with Crippen LogP contribution in [0.1, 0.15) is 25.7 Å². The maximum atomic E-state index is 10.9. The van der Waals surface area contributed by atoms with Crippen LogP contribution in [0.2, 0.25) is 0 Å². The lowest BCUT2D eigenvalue weighted by molar-refractivity contribution is -0.145. The highest BCUT2D eigenvalue weighted by Gasteiger charge is 2.56. The summed E-state index contributed by atoms with van der Waals surface area (Å²) in [5.41, 5.74) is 4.99. The van der Waals surface area contributed by atoms with E-state index < -0.39 is 11.5 Å². The van der Waals surface area contributed by atoms with E-state index in [1.165, 1.54) is 0 Å². The molecule has 0 aliphatic heterocycles. The molecule has 2 aliphatic carbocycles. The molecule has 11 heavy (non-hydrogen) atoms. The average Bonchev–Trinajstić information content (AvgIpc) is 2.46. The first kappa shape index (κ1) is 7.10. The summed E-state index contributed by atoms with van der Waals surface area (Å²) < 4.78 is 0. The van der Waals surface area contributed by atoms with Gasteiger partial charge in [0.25, 0.3) is 0 Å². The van der Waals surface area contributed by atoms with Gasteiger partial charge in [-0.3, -0.25) is 4.79 Å². The third-order valence-electron chi connectivity index (χ3n) is 3.45. The lowest BCUT2D eigenvalue weighted by Crippen LogP contribution is -2.52. The Morgan fingerprint density at radius 2 is 1.64 bits per heavy atom. The molecule has 0 amide bonds. The predicted octanol–water partition coefficient (Wildman–Crippen LogP) is 0.588. The summed E-state index contributed by atoms with van der Waals surface area (Å²) in [4.78, 5) is 10.9. The second kappa shape index (κ2) is 1.97. The van der Waals surface area contributed by atoms with Crippen molar-refractivity contribution in [2.45, 2.75) is 31.2 Å². The summed E-state index contributed by atoms with van der Waals surface area (Å²) in [6.45, 7) is 0. The highest BCUT2D eigenvalue weighted by molar-refractivity contribution is 5.80. The standard InChI is InChI=1S/C8H13NO2/c9-8(7(10)11)5-1-2-6(8)4-3-5/h5-6H,1-4,9H2,(H,10,11). The molecule has 62 valence electrons. The molecule has 0 heterocycles. The van der Waals surface area contributed by atoms with Gasteiger partial charge in [-0.15, -0.1) is 0 Å². The second-order valence-corrected chi connectivity index (χ2v) is 3.79. The molecule has 2 bridgehead atoms. The topological polar surface area (TPSA) is 63.3 Å². The number of rotatable bonds is 1. The predicted molar refractivity (Wildman–Crippen MR) is 40.0 cm³/mol. The summed E-state index contributed by atoms with van der Waals surface area (Å²) in [6.07, 6.45) is 4.09. The first-order valence-corrected chi connectivity index (χ1v) is 4.18. The number of hydrogen-bond acceptors (Lipinski definition) is 2. The summed E-state index contributed by atoms with van der Waals surface area (Å²) >= 11 is 0. The van der Waals surface area contributed by atoms with Gasteiger partial charge in [0, 0.05) is 0 Å². The SMILES string of the molecule is NC1(C(=O)O)C2CCC1CC2. The van der Waals surface area contributed by atoms with Crippen molar-refractivity contribution in [2.75, 3.05) is 0 Å². The molecule has 2 aliphatic rings. The Kier molecular flexibility index (Phi) is 1.27. The number of hydrogen-bond donors (Lipinski definition) is 2. The molecule has 0 aromatic heterocycles. The molecule has 0 spiro atoms. The minimum Gasteiger partial charge on any atom is -0.480 e. The minimum atomic E-state index is -0.861. The van der Waals surface area contributed by atoms with E-state index in [4.69, 9.17) is 10.8 Å². The summed E-state index contributed by atoms with van der Waals surface area (Å²) in [7, 11) is 0. The molecule has 3 N–H and O–H groups in total. The van der Waals surface area contributed by atoms with Crippen LogP contribution < -0.4 is 5.73 Å². The number of carboxylic acid groups (broad SMARTS) is 1. The van der Waals surface area contributed by atoms with Crippen molar-refractivity contribution in [3.8, 4) is 0 Å². The maximum Gasteiger partial charge on any atom is 0.324 e. The maximum absolute atomic E-state index is 10.9. The van der Waals surface area contributed by atoms with Gasteiger partial charge in [0.05, 0.1) is 0 Å².